The predicted octanol–water partition coefficient (Wildman–Crippen LogP) is 2.49. The van der Waals surface area contributed by atoms with Crippen molar-refractivity contribution >= 4 is 0 Å². The highest BCUT2D eigenvalue weighted by Crippen LogP contribution is 2.27. The SMILES string of the molecule is COCC(C)C(C)Cc1ncc(OC2CC(OC)C2)cn1. The van der Waals surface area contributed by atoms with E-state index >= 15 is 0 Å². The van der Waals surface area contributed by atoms with Crippen LogP contribution in [0.4, 0.5) is 0 Å². The molecule has 1 saturated carbocycles. The number of ether oxygens (including phenoxy) is 3. The van der Waals surface area contributed by atoms with Gasteiger partial charge in [0.15, 0.2) is 5.75 Å². The fourth-order valence-corrected chi connectivity index (χ4v) is 2.42. The molecule has 0 saturated heterocycles. The molecule has 0 amide bonds. The molecule has 2 atom stereocenters. The zero-order valence-corrected chi connectivity index (χ0v) is 13.4. The van der Waals surface area contributed by atoms with E-state index in [-0.39, 0.29) is 6.10 Å². The molecule has 1 aliphatic carbocycles. The lowest BCUT2D eigenvalue weighted by Crippen LogP contribution is -2.38. The van der Waals surface area contributed by atoms with Crippen molar-refractivity contribution in [3.63, 3.8) is 0 Å². The fraction of sp³-hybridized carbons (Fsp3) is 0.750. The van der Waals surface area contributed by atoms with Crippen molar-refractivity contribution in [3.8, 4) is 5.75 Å². The number of rotatable bonds is 8. The summed E-state index contributed by atoms with van der Waals surface area (Å²) >= 11 is 0. The summed E-state index contributed by atoms with van der Waals surface area (Å²) in [5, 5.41) is 0. The van der Waals surface area contributed by atoms with Gasteiger partial charge in [0, 0.05) is 40.1 Å². The molecule has 1 aromatic rings. The van der Waals surface area contributed by atoms with Gasteiger partial charge in [0.1, 0.15) is 11.9 Å². The first kappa shape index (κ1) is 16.2. The molecule has 0 aliphatic heterocycles. The van der Waals surface area contributed by atoms with Gasteiger partial charge in [-0.2, -0.15) is 0 Å². The van der Waals surface area contributed by atoms with Crippen LogP contribution in [0, 0.1) is 11.8 Å². The highest BCUT2D eigenvalue weighted by atomic mass is 16.5. The number of hydrogen-bond acceptors (Lipinski definition) is 5. The predicted molar refractivity (Wildman–Crippen MR) is 80.4 cm³/mol. The van der Waals surface area contributed by atoms with Crippen molar-refractivity contribution in [2.75, 3.05) is 20.8 Å². The monoisotopic (exact) mass is 294 g/mol. The molecule has 1 heterocycles. The van der Waals surface area contributed by atoms with Gasteiger partial charge in [-0.05, 0) is 11.8 Å². The molecule has 1 aromatic heterocycles. The normalized spacial score (nSPS) is 24.2. The zero-order valence-electron chi connectivity index (χ0n) is 13.4. The van der Waals surface area contributed by atoms with E-state index in [0.717, 1.165) is 37.4 Å². The second-order valence-corrected chi connectivity index (χ2v) is 6.02. The van der Waals surface area contributed by atoms with Gasteiger partial charge in [-0.3, -0.25) is 0 Å². The van der Waals surface area contributed by atoms with Crippen molar-refractivity contribution in [2.45, 2.75) is 45.3 Å². The van der Waals surface area contributed by atoms with Crippen LogP contribution in [0.5, 0.6) is 5.75 Å². The van der Waals surface area contributed by atoms with E-state index in [9.17, 15) is 0 Å². The van der Waals surface area contributed by atoms with Crippen LogP contribution in [0.3, 0.4) is 0 Å². The van der Waals surface area contributed by atoms with Crippen LogP contribution in [-0.2, 0) is 15.9 Å². The summed E-state index contributed by atoms with van der Waals surface area (Å²) in [6, 6.07) is 0. The third kappa shape index (κ3) is 4.64. The van der Waals surface area contributed by atoms with E-state index in [4.69, 9.17) is 14.2 Å². The van der Waals surface area contributed by atoms with Crippen molar-refractivity contribution in [1.82, 2.24) is 9.97 Å². The Balaban J connectivity index is 1.79. The summed E-state index contributed by atoms with van der Waals surface area (Å²) in [4.78, 5) is 8.81. The van der Waals surface area contributed by atoms with Gasteiger partial charge in [0.25, 0.3) is 0 Å². The smallest absolute Gasteiger partial charge is 0.156 e. The third-order valence-electron chi connectivity index (χ3n) is 4.27. The lowest BCUT2D eigenvalue weighted by molar-refractivity contribution is -0.0383. The first-order valence-electron chi connectivity index (χ1n) is 7.61. The van der Waals surface area contributed by atoms with Gasteiger partial charge in [-0.25, -0.2) is 9.97 Å². The maximum absolute atomic E-state index is 5.80. The summed E-state index contributed by atoms with van der Waals surface area (Å²) in [6.07, 6.45) is 6.89. The maximum atomic E-state index is 5.80. The van der Waals surface area contributed by atoms with Crippen LogP contribution in [0.15, 0.2) is 12.4 Å². The molecule has 0 aromatic carbocycles. The van der Waals surface area contributed by atoms with E-state index in [2.05, 4.69) is 23.8 Å². The third-order valence-corrected chi connectivity index (χ3v) is 4.27. The second kappa shape index (κ2) is 7.71. The van der Waals surface area contributed by atoms with Crippen LogP contribution in [0.1, 0.15) is 32.5 Å². The molecular weight excluding hydrogens is 268 g/mol. The number of hydrogen-bond donors (Lipinski definition) is 0. The topological polar surface area (TPSA) is 53.5 Å². The van der Waals surface area contributed by atoms with Crippen molar-refractivity contribution in [1.29, 1.82) is 0 Å². The van der Waals surface area contributed by atoms with Gasteiger partial charge >= 0.3 is 0 Å². The molecule has 1 fully saturated rings. The molecule has 5 heteroatoms. The molecule has 0 spiro atoms. The summed E-state index contributed by atoms with van der Waals surface area (Å²) in [7, 11) is 3.48. The van der Waals surface area contributed by atoms with E-state index < -0.39 is 0 Å². The average molecular weight is 294 g/mol. The van der Waals surface area contributed by atoms with Gasteiger partial charge in [-0.1, -0.05) is 13.8 Å². The standard InChI is InChI=1S/C16H26N2O3/c1-11(12(2)10-19-3)5-16-17-8-15(9-18-16)21-14-6-13(7-14)20-4/h8-9,11-14H,5-7,10H2,1-4H3. The number of methoxy groups -OCH3 is 2. The van der Waals surface area contributed by atoms with Crippen LogP contribution in [0.2, 0.25) is 0 Å². The highest BCUT2D eigenvalue weighted by molar-refractivity contribution is 5.13. The second-order valence-electron chi connectivity index (χ2n) is 6.02. The minimum Gasteiger partial charge on any atom is -0.487 e. The van der Waals surface area contributed by atoms with E-state index in [1.165, 1.54) is 0 Å². The van der Waals surface area contributed by atoms with E-state index in [1.54, 1.807) is 26.6 Å². The van der Waals surface area contributed by atoms with Crippen LogP contribution in [-0.4, -0.2) is 43.0 Å². The van der Waals surface area contributed by atoms with Crippen LogP contribution >= 0.6 is 0 Å². The number of nitrogens with zero attached hydrogens (tertiary/aromatic N) is 2. The molecular formula is C16H26N2O3. The first-order valence-corrected chi connectivity index (χ1v) is 7.61. The molecule has 0 N–H and O–H groups in total. The molecule has 21 heavy (non-hydrogen) atoms. The molecule has 2 rings (SSSR count). The Hall–Kier alpha value is -1.20. The molecule has 0 bridgehead atoms. The van der Waals surface area contributed by atoms with Gasteiger partial charge in [-0.15, -0.1) is 0 Å². The molecule has 0 radical (unpaired) electrons. The molecule has 118 valence electrons. The Morgan fingerprint density at radius 2 is 1.76 bits per heavy atom. The Kier molecular flexibility index (Phi) is 5.94. The Labute approximate surface area is 127 Å². The van der Waals surface area contributed by atoms with E-state index in [1.807, 2.05) is 0 Å². The van der Waals surface area contributed by atoms with Crippen molar-refractivity contribution < 1.29 is 14.2 Å². The van der Waals surface area contributed by atoms with Gasteiger partial charge in [0.05, 0.1) is 18.5 Å². The lowest BCUT2D eigenvalue weighted by Gasteiger charge is -2.33. The van der Waals surface area contributed by atoms with Crippen molar-refractivity contribution in [2.24, 2.45) is 11.8 Å². The van der Waals surface area contributed by atoms with Crippen LogP contribution < -0.4 is 4.74 Å². The first-order chi connectivity index (χ1) is 10.1. The minimum atomic E-state index is 0.241. The molecule has 2 unspecified atom stereocenters. The summed E-state index contributed by atoms with van der Waals surface area (Å²) in [5.74, 6) is 2.60. The van der Waals surface area contributed by atoms with Crippen LogP contribution in [0.25, 0.3) is 0 Å². The van der Waals surface area contributed by atoms with Gasteiger partial charge < -0.3 is 14.2 Å². The average Bonchev–Trinajstić information content (AvgIpc) is 2.44. The Morgan fingerprint density at radius 1 is 1.10 bits per heavy atom. The maximum Gasteiger partial charge on any atom is 0.156 e. The summed E-state index contributed by atoms with van der Waals surface area (Å²) in [6.45, 7) is 5.16. The number of aromatic nitrogens is 2. The largest absolute Gasteiger partial charge is 0.487 e. The Bertz CT molecular complexity index is 418. The molecule has 5 nitrogen and oxygen atoms in total. The quantitative estimate of drug-likeness (QED) is 0.737. The fourth-order valence-electron chi connectivity index (χ4n) is 2.42. The van der Waals surface area contributed by atoms with Crippen molar-refractivity contribution in [3.05, 3.63) is 18.2 Å². The lowest BCUT2D eigenvalue weighted by atomic mass is 9.92. The Morgan fingerprint density at radius 3 is 2.33 bits per heavy atom. The summed E-state index contributed by atoms with van der Waals surface area (Å²) < 4.78 is 16.2. The minimum absolute atomic E-state index is 0.241. The molecule has 1 aliphatic rings. The zero-order chi connectivity index (χ0) is 15.2. The van der Waals surface area contributed by atoms with E-state index in [0.29, 0.717) is 17.9 Å². The highest BCUT2D eigenvalue weighted by Gasteiger charge is 2.30. The summed E-state index contributed by atoms with van der Waals surface area (Å²) in [5.41, 5.74) is 0. The van der Waals surface area contributed by atoms with Gasteiger partial charge in [0.2, 0.25) is 0 Å².